The molecule has 2 unspecified atom stereocenters. The summed E-state index contributed by atoms with van der Waals surface area (Å²) in [5.74, 6) is 0.257. The standard InChI is InChI=1S/C15H26N2O2/c1-10(2)13-14(19)17(9-7-12(18)16-13)11-6-5-8-15(11,3)4/h10-11,13H,5-9H2,1-4H3,(H,16,18). The number of rotatable bonds is 2. The second kappa shape index (κ2) is 5.14. The Labute approximate surface area is 115 Å². The van der Waals surface area contributed by atoms with Crippen LogP contribution < -0.4 is 5.32 Å². The van der Waals surface area contributed by atoms with Crippen LogP contribution in [0.1, 0.15) is 53.4 Å². The van der Waals surface area contributed by atoms with Gasteiger partial charge in [-0.1, -0.05) is 34.1 Å². The molecule has 1 heterocycles. The third-order valence-corrected chi connectivity index (χ3v) is 4.69. The zero-order chi connectivity index (χ0) is 14.2. The van der Waals surface area contributed by atoms with E-state index in [0.717, 1.165) is 12.8 Å². The first-order chi connectivity index (χ1) is 8.83. The Bertz CT molecular complexity index is 376. The molecule has 2 atom stereocenters. The first kappa shape index (κ1) is 14.4. The van der Waals surface area contributed by atoms with Gasteiger partial charge in [0.05, 0.1) is 0 Å². The third kappa shape index (κ3) is 2.77. The minimum atomic E-state index is -0.355. The number of hydrogen-bond donors (Lipinski definition) is 1. The van der Waals surface area contributed by atoms with Crippen LogP contribution in [0.5, 0.6) is 0 Å². The van der Waals surface area contributed by atoms with Gasteiger partial charge in [0.25, 0.3) is 0 Å². The van der Waals surface area contributed by atoms with E-state index in [1.54, 1.807) is 0 Å². The number of nitrogens with one attached hydrogen (secondary N) is 1. The Kier molecular flexibility index (Phi) is 3.88. The van der Waals surface area contributed by atoms with Gasteiger partial charge in [-0.15, -0.1) is 0 Å². The van der Waals surface area contributed by atoms with E-state index in [-0.39, 0.29) is 35.2 Å². The molecule has 0 aromatic heterocycles. The molecule has 2 fully saturated rings. The minimum absolute atomic E-state index is 0.00496. The molecule has 0 radical (unpaired) electrons. The molecule has 1 aliphatic carbocycles. The fourth-order valence-electron chi connectivity index (χ4n) is 3.47. The van der Waals surface area contributed by atoms with Crippen LogP contribution in [0.15, 0.2) is 0 Å². The molecule has 108 valence electrons. The summed E-state index contributed by atoms with van der Waals surface area (Å²) in [5, 5.41) is 2.88. The lowest BCUT2D eigenvalue weighted by Crippen LogP contribution is -2.53. The zero-order valence-corrected chi connectivity index (χ0v) is 12.5. The topological polar surface area (TPSA) is 49.4 Å². The highest BCUT2D eigenvalue weighted by Crippen LogP contribution is 2.41. The first-order valence-electron chi connectivity index (χ1n) is 7.43. The zero-order valence-electron chi connectivity index (χ0n) is 12.5. The Morgan fingerprint density at radius 1 is 1.32 bits per heavy atom. The van der Waals surface area contributed by atoms with Crippen molar-refractivity contribution in [2.24, 2.45) is 11.3 Å². The summed E-state index contributed by atoms with van der Waals surface area (Å²) in [4.78, 5) is 26.5. The van der Waals surface area contributed by atoms with Crippen molar-refractivity contribution >= 4 is 11.8 Å². The van der Waals surface area contributed by atoms with E-state index in [1.807, 2.05) is 18.7 Å². The lowest BCUT2D eigenvalue weighted by atomic mass is 9.85. The van der Waals surface area contributed by atoms with Gasteiger partial charge in [0, 0.05) is 19.0 Å². The van der Waals surface area contributed by atoms with Gasteiger partial charge in [-0.2, -0.15) is 0 Å². The summed E-state index contributed by atoms with van der Waals surface area (Å²) in [5.41, 5.74) is 0.171. The minimum Gasteiger partial charge on any atom is -0.344 e. The summed E-state index contributed by atoms with van der Waals surface area (Å²) in [6.45, 7) is 9.03. The summed E-state index contributed by atoms with van der Waals surface area (Å²) >= 11 is 0. The van der Waals surface area contributed by atoms with Crippen LogP contribution >= 0.6 is 0 Å². The van der Waals surface area contributed by atoms with Gasteiger partial charge in [-0.25, -0.2) is 0 Å². The van der Waals surface area contributed by atoms with E-state index in [4.69, 9.17) is 0 Å². The lowest BCUT2D eigenvalue weighted by molar-refractivity contribution is -0.138. The summed E-state index contributed by atoms with van der Waals surface area (Å²) in [6, 6.07) is -0.0691. The van der Waals surface area contributed by atoms with Gasteiger partial charge in [0.2, 0.25) is 11.8 Å². The van der Waals surface area contributed by atoms with E-state index in [2.05, 4.69) is 19.2 Å². The average molecular weight is 266 g/mol. The molecule has 0 spiro atoms. The van der Waals surface area contributed by atoms with Crippen molar-refractivity contribution in [1.82, 2.24) is 10.2 Å². The number of hydrogen-bond acceptors (Lipinski definition) is 2. The molecule has 2 rings (SSSR count). The Balaban J connectivity index is 2.24. The summed E-state index contributed by atoms with van der Waals surface area (Å²) < 4.78 is 0. The highest BCUT2D eigenvalue weighted by molar-refractivity contribution is 5.90. The van der Waals surface area contributed by atoms with E-state index in [9.17, 15) is 9.59 Å². The smallest absolute Gasteiger partial charge is 0.245 e. The van der Waals surface area contributed by atoms with Crippen LogP contribution in [-0.4, -0.2) is 35.3 Å². The fraction of sp³-hybridized carbons (Fsp3) is 0.867. The third-order valence-electron chi connectivity index (χ3n) is 4.69. The summed E-state index contributed by atoms with van der Waals surface area (Å²) in [7, 11) is 0. The molecule has 0 aromatic rings. The van der Waals surface area contributed by atoms with Crippen LogP contribution in [0.25, 0.3) is 0 Å². The molecule has 0 aromatic carbocycles. The second-order valence-corrected chi connectivity index (χ2v) is 6.97. The van der Waals surface area contributed by atoms with E-state index in [1.165, 1.54) is 6.42 Å². The molecule has 4 nitrogen and oxygen atoms in total. The van der Waals surface area contributed by atoms with Crippen LogP contribution in [-0.2, 0) is 9.59 Å². The van der Waals surface area contributed by atoms with Crippen molar-refractivity contribution in [2.75, 3.05) is 6.54 Å². The Hall–Kier alpha value is -1.06. The molecule has 2 amide bonds. The highest BCUT2D eigenvalue weighted by atomic mass is 16.2. The van der Waals surface area contributed by atoms with Crippen LogP contribution in [0.4, 0.5) is 0 Å². The number of carbonyl (C=O) groups is 2. The van der Waals surface area contributed by atoms with E-state index in [0.29, 0.717) is 13.0 Å². The first-order valence-corrected chi connectivity index (χ1v) is 7.43. The van der Waals surface area contributed by atoms with Gasteiger partial charge in [0.15, 0.2) is 0 Å². The van der Waals surface area contributed by atoms with Crippen molar-refractivity contribution < 1.29 is 9.59 Å². The van der Waals surface area contributed by atoms with Gasteiger partial charge in [-0.3, -0.25) is 9.59 Å². The molecular formula is C15H26N2O2. The maximum Gasteiger partial charge on any atom is 0.245 e. The molecule has 4 heteroatoms. The molecule has 0 bridgehead atoms. The fourth-order valence-corrected chi connectivity index (χ4v) is 3.47. The normalized spacial score (nSPS) is 31.5. The van der Waals surface area contributed by atoms with Gasteiger partial charge in [0.1, 0.15) is 6.04 Å². The quantitative estimate of drug-likeness (QED) is 0.830. The predicted molar refractivity (Wildman–Crippen MR) is 74.5 cm³/mol. The maximum absolute atomic E-state index is 12.7. The number of carbonyl (C=O) groups excluding carboxylic acids is 2. The van der Waals surface area contributed by atoms with Crippen molar-refractivity contribution in [2.45, 2.75) is 65.5 Å². The summed E-state index contributed by atoms with van der Waals surface area (Å²) in [6.07, 6.45) is 3.84. The monoisotopic (exact) mass is 266 g/mol. The largest absolute Gasteiger partial charge is 0.344 e. The van der Waals surface area contributed by atoms with E-state index >= 15 is 0 Å². The predicted octanol–water partition coefficient (Wildman–Crippen LogP) is 1.94. The average Bonchev–Trinajstić information content (AvgIpc) is 2.58. The van der Waals surface area contributed by atoms with Crippen LogP contribution in [0.2, 0.25) is 0 Å². The van der Waals surface area contributed by atoms with Crippen LogP contribution in [0.3, 0.4) is 0 Å². The highest BCUT2D eigenvalue weighted by Gasteiger charge is 2.43. The number of amides is 2. The van der Waals surface area contributed by atoms with Crippen molar-refractivity contribution in [3.63, 3.8) is 0 Å². The molecule has 1 saturated carbocycles. The Morgan fingerprint density at radius 2 is 2.00 bits per heavy atom. The van der Waals surface area contributed by atoms with Crippen molar-refractivity contribution in [3.8, 4) is 0 Å². The SMILES string of the molecule is CC(C)C1NC(=O)CCN(C2CCCC2(C)C)C1=O. The molecule has 1 aliphatic heterocycles. The molecule has 1 N–H and O–H groups in total. The molecular weight excluding hydrogens is 240 g/mol. The Morgan fingerprint density at radius 3 is 2.53 bits per heavy atom. The maximum atomic E-state index is 12.7. The number of nitrogens with zero attached hydrogens (tertiary/aromatic N) is 1. The van der Waals surface area contributed by atoms with Gasteiger partial charge in [-0.05, 0) is 24.2 Å². The van der Waals surface area contributed by atoms with Crippen molar-refractivity contribution in [3.05, 3.63) is 0 Å². The van der Waals surface area contributed by atoms with Gasteiger partial charge < -0.3 is 10.2 Å². The lowest BCUT2D eigenvalue weighted by Gasteiger charge is -2.38. The van der Waals surface area contributed by atoms with Gasteiger partial charge >= 0.3 is 0 Å². The van der Waals surface area contributed by atoms with E-state index < -0.39 is 0 Å². The van der Waals surface area contributed by atoms with Crippen molar-refractivity contribution in [1.29, 1.82) is 0 Å². The van der Waals surface area contributed by atoms with Crippen LogP contribution in [0, 0.1) is 11.3 Å². The molecule has 19 heavy (non-hydrogen) atoms. The second-order valence-electron chi connectivity index (χ2n) is 6.97. The molecule has 1 saturated heterocycles. The molecule has 2 aliphatic rings.